The van der Waals surface area contributed by atoms with Crippen LogP contribution in [0.4, 0.5) is 10.1 Å². The van der Waals surface area contributed by atoms with E-state index in [9.17, 15) is 24.3 Å². The lowest BCUT2D eigenvalue weighted by molar-refractivity contribution is 0.101. The Balaban J connectivity index is 1.91. The molecule has 0 saturated heterocycles. The molecule has 4 aromatic rings. The average molecular weight is 491 g/mol. The Kier molecular flexibility index (Phi) is 6.39. The molecule has 1 aromatic carbocycles. The normalized spacial score (nSPS) is 12.7. The molecular weight excluding hydrogens is 469 g/mol. The van der Waals surface area contributed by atoms with Crippen molar-refractivity contribution in [2.45, 2.75) is 25.7 Å². The van der Waals surface area contributed by atoms with Gasteiger partial charge >= 0.3 is 0 Å². The summed E-state index contributed by atoms with van der Waals surface area (Å²) >= 11 is 0. The summed E-state index contributed by atoms with van der Waals surface area (Å²) in [6, 6.07) is 5.94. The molecule has 4 rings (SSSR count). The van der Waals surface area contributed by atoms with E-state index in [4.69, 9.17) is 0 Å². The minimum absolute atomic E-state index is 0.134. The smallest absolute Gasteiger partial charge is 0.296 e. The van der Waals surface area contributed by atoms with Crippen LogP contribution in [-0.2, 0) is 14.1 Å². The molecule has 0 fully saturated rings. The number of aryl methyl sites for hydroxylation is 2. The van der Waals surface area contributed by atoms with Crippen molar-refractivity contribution >= 4 is 11.6 Å². The molecule has 184 valence electrons. The maximum Gasteiger partial charge on any atom is 0.296 e. The predicted octanol–water partition coefficient (Wildman–Crippen LogP) is 2.71. The van der Waals surface area contributed by atoms with E-state index in [0.29, 0.717) is 16.8 Å². The van der Waals surface area contributed by atoms with Gasteiger partial charge in [0.25, 0.3) is 11.5 Å². The second-order valence-electron chi connectivity index (χ2n) is 8.35. The number of amides is 1. The van der Waals surface area contributed by atoms with Gasteiger partial charge in [-0.25, -0.2) is 9.37 Å². The standard InChI is InChI=1S/C24H22FN7O4/c1-12(19(18-10-31(3)30-13(18)2)17-7-15(25)6-5-14(17)8-26)22-29-20(21(33)24(35)32(22)4)23(34)28-16-9-27-36-11-16/h5-7,9-12,19,33H,1-4H3,(H,28,34)/t12-,19-/m1/s1. The van der Waals surface area contributed by atoms with Gasteiger partial charge < -0.3 is 14.9 Å². The van der Waals surface area contributed by atoms with E-state index in [1.165, 1.54) is 37.7 Å². The lowest BCUT2D eigenvalue weighted by atomic mass is 9.79. The summed E-state index contributed by atoms with van der Waals surface area (Å²) in [6.45, 7) is 3.52. The SMILES string of the molecule is Cc1nn(C)cc1[C@@H](c1cc(F)ccc1C#N)[C@@H](C)c1nc(C(=O)Nc2cnoc2)c(O)c(=O)n1C. The highest BCUT2D eigenvalue weighted by atomic mass is 19.1. The minimum Gasteiger partial charge on any atom is -0.501 e. The molecule has 0 spiro atoms. The van der Waals surface area contributed by atoms with Crippen molar-refractivity contribution in [3.63, 3.8) is 0 Å². The first-order valence-electron chi connectivity index (χ1n) is 10.8. The fourth-order valence-corrected chi connectivity index (χ4v) is 4.30. The van der Waals surface area contributed by atoms with Crippen LogP contribution >= 0.6 is 0 Å². The Morgan fingerprint density at radius 3 is 2.67 bits per heavy atom. The molecule has 0 bridgehead atoms. The van der Waals surface area contributed by atoms with Crippen molar-refractivity contribution in [1.82, 2.24) is 24.5 Å². The van der Waals surface area contributed by atoms with E-state index in [1.54, 1.807) is 31.8 Å². The average Bonchev–Trinajstić information content (AvgIpc) is 3.46. The minimum atomic E-state index is -0.848. The van der Waals surface area contributed by atoms with E-state index in [-0.39, 0.29) is 17.1 Å². The van der Waals surface area contributed by atoms with Crippen molar-refractivity contribution in [2.75, 3.05) is 5.32 Å². The second kappa shape index (κ2) is 9.46. The van der Waals surface area contributed by atoms with Crippen molar-refractivity contribution in [3.8, 4) is 11.8 Å². The summed E-state index contributed by atoms with van der Waals surface area (Å²) in [5.41, 5.74) is 0.802. The van der Waals surface area contributed by atoms with E-state index in [0.717, 1.165) is 4.57 Å². The molecule has 0 aliphatic carbocycles. The Morgan fingerprint density at radius 1 is 1.31 bits per heavy atom. The molecule has 2 atom stereocenters. The van der Waals surface area contributed by atoms with Crippen LogP contribution in [-0.4, -0.2) is 35.5 Å². The first kappa shape index (κ1) is 24.3. The van der Waals surface area contributed by atoms with Crippen LogP contribution in [0.25, 0.3) is 0 Å². The third-order valence-corrected chi connectivity index (χ3v) is 5.97. The Hall–Kier alpha value is -4.79. The number of aromatic hydroxyl groups is 1. The number of carbonyl (C=O) groups excluding carboxylic acids is 1. The first-order valence-corrected chi connectivity index (χ1v) is 10.8. The summed E-state index contributed by atoms with van der Waals surface area (Å²) in [7, 11) is 3.14. The molecule has 0 unspecified atom stereocenters. The largest absolute Gasteiger partial charge is 0.501 e. The molecule has 0 aliphatic rings. The Bertz CT molecular complexity index is 1550. The van der Waals surface area contributed by atoms with Gasteiger partial charge in [-0.2, -0.15) is 10.4 Å². The monoisotopic (exact) mass is 491 g/mol. The van der Waals surface area contributed by atoms with Crippen LogP contribution in [0.2, 0.25) is 0 Å². The zero-order valence-electron chi connectivity index (χ0n) is 19.9. The van der Waals surface area contributed by atoms with Gasteiger partial charge in [0.05, 0.1) is 23.5 Å². The third-order valence-electron chi connectivity index (χ3n) is 5.97. The lowest BCUT2D eigenvalue weighted by Crippen LogP contribution is -2.29. The Morgan fingerprint density at radius 2 is 2.06 bits per heavy atom. The number of halogens is 1. The first-order chi connectivity index (χ1) is 17.1. The maximum absolute atomic E-state index is 14.4. The zero-order valence-corrected chi connectivity index (χ0v) is 19.9. The Labute approximate surface area is 204 Å². The number of rotatable bonds is 6. The summed E-state index contributed by atoms with van der Waals surface area (Å²) in [6.07, 6.45) is 4.17. The lowest BCUT2D eigenvalue weighted by Gasteiger charge is -2.26. The molecule has 0 radical (unpaired) electrons. The van der Waals surface area contributed by atoms with Crippen LogP contribution in [0.3, 0.4) is 0 Å². The van der Waals surface area contributed by atoms with Crippen molar-refractivity contribution in [2.24, 2.45) is 14.1 Å². The van der Waals surface area contributed by atoms with Crippen molar-refractivity contribution < 1.29 is 18.8 Å². The van der Waals surface area contributed by atoms with Crippen molar-refractivity contribution in [3.05, 3.63) is 86.9 Å². The molecule has 0 aliphatic heterocycles. The highest BCUT2D eigenvalue weighted by molar-refractivity contribution is 6.04. The van der Waals surface area contributed by atoms with Crippen LogP contribution in [0.15, 0.2) is 46.2 Å². The number of nitrogens with one attached hydrogen (secondary N) is 1. The summed E-state index contributed by atoms with van der Waals surface area (Å²) in [5.74, 6) is -3.42. The summed E-state index contributed by atoms with van der Waals surface area (Å²) < 4.78 is 21.8. The summed E-state index contributed by atoms with van der Waals surface area (Å²) in [5, 5.41) is 30.5. The molecule has 11 nitrogen and oxygen atoms in total. The molecule has 0 saturated carbocycles. The number of hydrogen-bond acceptors (Lipinski definition) is 8. The van der Waals surface area contributed by atoms with Gasteiger partial charge in [-0.3, -0.25) is 18.8 Å². The van der Waals surface area contributed by atoms with Gasteiger partial charge in [0.2, 0.25) is 5.75 Å². The second-order valence-corrected chi connectivity index (χ2v) is 8.35. The van der Waals surface area contributed by atoms with Gasteiger partial charge in [-0.05, 0) is 30.7 Å². The number of nitrogens with zero attached hydrogens (tertiary/aromatic N) is 6. The van der Waals surface area contributed by atoms with Crippen molar-refractivity contribution in [1.29, 1.82) is 5.26 Å². The highest BCUT2D eigenvalue weighted by Gasteiger charge is 2.32. The number of anilines is 1. The fourth-order valence-electron chi connectivity index (χ4n) is 4.30. The third kappa shape index (κ3) is 4.34. The van der Waals surface area contributed by atoms with E-state index >= 15 is 0 Å². The zero-order chi connectivity index (χ0) is 26.1. The molecule has 2 N–H and O–H groups in total. The quantitative estimate of drug-likeness (QED) is 0.418. The molecule has 36 heavy (non-hydrogen) atoms. The van der Waals surface area contributed by atoms with Gasteiger partial charge in [0.1, 0.15) is 23.6 Å². The number of benzene rings is 1. The van der Waals surface area contributed by atoms with Crippen LogP contribution in [0.1, 0.15) is 57.5 Å². The molecular formula is C24H22FN7O4. The summed E-state index contributed by atoms with van der Waals surface area (Å²) in [4.78, 5) is 30.1. The van der Waals surface area contributed by atoms with Gasteiger partial charge in [0, 0.05) is 37.7 Å². The topological polar surface area (TPSA) is 152 Å². The molecule has 1 amide bonds. The molecule has 12 heteroatoms. The number of carbonyl (C=O) groups is 1. The van der Waals surface area contributed by atoms with Crippen LogP contribution in [0, 0.1) is 24.1 Å². The van der Waals surface area contributed by atoms with E-state index < -0.39 is 40.6 Å². The van der Waals surface area contributed by atoms with E-state index in [1.807, 2.05) is 0 Å². The van der Waals surface area contributed by atoms with Gasteiger partial charge in [-0.15, -0.1) is 0 Å². The predicted molar refractivity (Wildman–Crippen MR) is 125 cm³/mol. The number of hydrogen-bond donors (Lipinski definition) is 2. The van der Waals surface area contributed by atoms with Gasteiger partial charge in [-0.1, -0.05) is 12.1 Å². The number of aromatic nitrogens is 5. The van der Waals surface area contributed by atoms with Crippen LogP contribution in [0.5, 0.6) is 5.75 Å². The van der Waals surface area contributed by atoms with Crippen LogP contribution < -0.4 is 10.9 Å². The van der Waals surface area contributed by atoms with Gasteiger partial charge in [0.15, 0.2) is 5.69 Å². The molecule has 3 heterocycles. The number of nitriles is 1. The molecule has 3 aromatic heterocycles. The van der Waals surface area contributed by atoms with E-state index in [2.05, 4.69) is 31.1 Å². The maximum atomic E-state index is 14.4. The highest BCUT2D eigenvalue weighted by Crippen LogP contribution is 2.40. The fraction of sp³-hybridized carbons (Fsp3) is 0.250.